The number of ketones is 2. The van der Waals surface area contributed by atoms with Gasteiger partial charge in [0.1, 0.15) is 5.75 Å². The highest BCUT2D eigenvalue weighted by atomic mass is 79.9. The van der Waals surface area contributed by atoms with Crippen molar-refractivity contribution in [2.45, 2.75) is 6.54 Å². The van der Waals surface area contributed by atoms with Crippen LogP contribution in [0.3, 0.4) is 0 Å². The second kappa shape index (κ2) is 8.12. The third kappa shape index (κ3) is 3.84. The van der Waals surface area contributed by atoms with Crippen molar-refractivity contribution in [1.82, 2.24) is 4.57 Å². The lowest BCUT2D eigenvalue weighted by atomic mass is 10.0. The van der Waals surface area contributed by atoms with Gasteiger partial charge in [0.05, 0.1) is 19.2 Å². The van der Waals surface area contributed by atoms with Crippen LogP contribution in [-0.4, -0.2) is 23.2 Å². The van der Waals surface area contributed by atoms with E-state index in [1.54, 1.807) is 67.8 Å². The number of Topliss-reactive ketones (excluding diaryl/α,β-unsaturated/α-hetero) is 1. The first-order valence-corrected chi connectivity index (χ1v) is 9.86. The monoisotopic (exact) mass is 465 g/mol. The van der Waals surface area contributed by atoms with Gasteiger partial charge < -0.3 is 9.15 Å². The van der Waals surface area contributed by atoms with Crippen LogP contribution < -0.4 is 10.5 Å². The molecule has 1 aromatic heterocycles. The molecule has 0 radical (unpaired) electrons. The van der Waals surface area contributed by atoms with Gasteiger partial charge in [-0.3, -0.25) is 14.2 Å². The zero-order valence-corrected chi connectivity index (χ0v) is 17.5. The molecular weight excluding hydrogens is 450 g/mol. The lowest BCUT2D eigenvalue weighted by molar-refractivity contribution is 0.0969. The van der Waals surface area contributed by atoms with Crippen LogP contribution in [-0.2, 0) is 6.54 Å². The zero-order chi connectivity index (χ0) is 21.3. The number of halogens is 1. The highest BCUT2D eigenvalue weighted by Gasteiger charge is 2.17. The van der Waals surface area contributed by atoms with Crippen molar-refractivity contribution in [3.05, 3.63) is 98.4 Å². The van der Waals surface area contributed by atoms with E-state index in [4.69, 9.17) is 9.15 Å². The maximum absolute atomic E-state index is 12.7. The number of nitrogens with zero attached hydrogens (tertiary/aromatic N) is 1. The van der Waals surface area contributed by atoms with E-state index in [1.165, 1.54) is 10.6 Å². The highest BCUT2D eigenvalue weighted by Crippen LogP contribution is 2.20. The van der Waals surface area contributed by atoms with E-state index in [0.29, 0.717) is 28.0 Å². The topological polar surface area (TPSA) is 78.5 Å². The first-order valence-electron chi connectivity index (χ1n) is 9.07. The van der Waals surface area contributed by atoms with Gasteiger partial charge in [-0.2, -0.15) is 0 Å². The molecule has 0 saturated carbocycles. The third-order valence-electron chi connectivity index (χ3n) is 4.75. The lowest BCUT2D eigenvalue weighted by Crippen LogP contribution is -2.20. The minimum absolute atomic E-state index is 0.154. The number of hydrogen-bond acceptors (Lipinski definition) is 5. The van der Waals surface area contributed by atoms with Gasteiger partial charge in [0.15, 0.2) is 17.1 Å². The fourth-order valence-corrected chi connectivity index (χ4v) is 3.40. The van der Waals surface area contributed by atoms with E-state index in [9.17, 15) is 14.4 Å². The van der Waals surface area contributed by atoms with E-state index in [1.807, 2.05) is 0 Å². The van der Waals surface area contributed by atoms with Crippen LogP contribution >= 0.6 is 15.9 Å². The van der Waals surface area contributed by atoms with Crippen LogP contribution in [0.5, 0.6) is 5.75 Å². The Kier molecular flexibility index (Phi) is 5.37. The van der Waals surface area contributed by atoms with Crippen LogP contribution in [0, 0.1) is 0 Å². The Labute approximate surface area is 179 Å². The van der Waals surface area contributed by atoms with Gasteiger partial charge in [0, 0.05) is 21.2 Å². The SMILES string of the molecule is COc1ccc(C(=O)c2ccc3c(c2)oc(=O)n3CC(=O)c2ccc(Br)cc2)cc1. The van der Waals surface area contributed by atoms with Crippen molar-refractivity contribution in [3.63, 3.8) is 0 Å². The molecule has 0 N–H and O–H groups in total. The van der Waals surface area contributed by atoms with Crippen molar-refractivity contribution in [2.24, 2.45) is 0 Å². The van der Waals surface area contributed by atoms with Crippen LogP contribution in [0.25, 0.3) is 11.1 Å². The first kappa shape index (κ1) is 19.8. The average molecular weight is 466 g/mol. The molecule has 0 aliphatic carbocycles. The average Bonchev–Trinajstić information content (AvgIpc) is 3.08. The number of benzene rings is 3. The molecule has 3 aromatic carbocycles. The molecule has 0 fully saturated rings. The Hall–Kier alpha value is -3.45. The summed E-state index contributed by atoms with van der Waals surface area (Å²) in [6.07, 6.45) is 0. The number of aromatic nitrogens is 1. The summed E-state index contributed by atoms with van der Waals surface area (Å²) in [6, 6.07) is 18.4. The second-order valence-electron chi connectivity index (χ2n) is 6.62. The maximum atomic E-state index is 12.7. The van der Waals surface area contributed by atoms with E-state index in [2.05, 4.69) is 15.9 Å². The summed E-state index contributed by atoms with van der Waals surface area (Å²) in [5.74, 6) is -0.420. The Balaban J connectivity index is 1.63. The molecule has 7 heteroatoms. The largest absolute Gasteiger partial charge is 0.497 e. The number of oxazole rings is 1. The van der Waals surface area contributed by atoms with Gasteiger partial charge in [-0.1, -0.05) is 28.1 Å². The summed E-state index contributed by atoms with van der Waals surface area (Å²) in [5.41, 5.74) is 2.07. The minimum atomic E-state index is -0.649. The Bertz CT molecular complexity index is 1300. The molecule has 6 nitrogen and oxygen atoms in total. The number of ether oxygens (including phenoxy) is 1. The Morgan fingerprint density at radius 1 is 0.933 bits per heavy atom. The maximum Gasteiger partial charge on any atom is 0.420 e. The molecule has 1 heterocycles. The molecule has 0 bridgehead atoms. The van der Waals surface area contributed by atoms with Gasteiger partial charge in [0.25, 0.3) is 0 Å². The van der Waals surface area contributed by atoms with E-state index in [-0.39, 0.29) is 23.7 Å². The molecule has 4 rings (SSSR count). The van der Waals surface area contributed by atoms with Crippen LogP contribution in [0.4, 0.5) is 0 Å². The van der Waals surface area contributed by atoms with Gasteiger partial charge in [-0.25, -0.2) is 4.79 Å². The van der Waals surface area contributed by atoms with Crippen LogP contribution in [0.2, 0.25) is 0 Å². The Morgan fingerprint density at radius 3 is 2.23 bits per heavy atom. The summed E-state index contributed by atoms with van der Waals surface area (Å²) in [6.45, 7) is -0.154. The number of fused-ring (bicyclic) bond motifs is 1. The summed E-state index contributed by atoms with van der Waals surface area (Å²) in [7, 11) is 1.55. The van der Waals surface area contributed by atoms with Gasteiger partial charge in [0.2, 0.25) is 0 Å². The van der Waals surface area contributed by atoms with Crippen molar-refractivity contribution in [1.29, 1.82) is 0 Å². The van der Waals surface area contributed by atoms with Crippen LogP contribution in [0.1, 0.15) is 26.3 Å². The summed E-state index contributed by atoms with van der Waals surface area (Å²) >= 11 is 3.33. The van der Waals surface area contributed by atoms with E-state index in [0.717, 1.165) is 4.47 Å². The van der Waals surface area contributed by atoms with Crippen molar-refractivity contribution >= 4 is 38.6 Å². The standard InChI is InChI=1S/C23H16BrNO5/c1-29-18-9-4-15(5-10-18)22(27)16-6-11-19-21(12-16)30-23(28)25(19)13-20(26)14-2-7-17(24)8-3-14/h2-12H,13H2,1H3. The molecule has 0 aliphatic heterocycles. The number of hydrogen-bond donors (Lipinski definition) is 0. The predicted octanol–water partition coefficient (Wildman–Crippen LogP) is 4.48. The minimum Gasteiger partial charge on any atom is -0.497 e. The number of methoxy groups -OCH3 is 1. The molecule has 0 spiro atoms. The van der Waals surface area contributed by atoms with E-state index < -0.39 is 5.76 Å². The molecular formula is C23H16BrNO5. The predicted molar refractivity (Wildman–Crippen MR) is 115 cm³/mol. The number of carbonyl (C=O) groups excluding carboxylic acids is 2. The molecule has 150 valence electrons. The molecule has 0 amide bonds. The fourth-order valence-electron chi connectivity index (χ4n) is 3.14. The smallest absolute Gasteiger partial charge is 0.420 e. The van der Waals surface area contributed by atoms with Crippen molar-refractivity contribution in [3.8, 4) is 5.75 Å². The molecule has 0 unspecified atom stereocenters. The third-order valence-corrected chi connectivity index (χ3v) is 5.28. The molecule has 0 atom stereocenters. The number of carbonyl (C=O) groups is 2. The first-order chi connectivity index (χ1) is 14.5. The second-order valence-corrected chi connectivity index (χ2v) is 7.54. The van der Waals surface area contributed by atoms with Crippen molar-refractivity contribution in [2.75, 3.05) is 7.11 Å². The highest BCUT2D eigenvalue weighted by molar-refractivity contribution is 9.10. The van der Waals surface area contributed by atoms with Gasteiger partial charge >= 0.3 is 5.76 Å². The van der Waals surface area contributed by atoms with E-state index >= 15 is 0 Å². The zero-order valence-electron chi connectivity index (χ0n) is 15.9. The lowest BCUT2D eigenvalue weighted by Gasteiger charge is -2.05. The Morgan fingerprint density at radius 2 is 1.57 bits per heavy atom. The van der Waals surface area contributed by atoms with Crippen LogP contribution in [0.15, 0.2) is 80.4 Å². The summed E-state index contributed by atoms with van der Waals surface area (Å²) < 4.78 is 12.5. The summed E-state index contributed by atoms with van der Waals surface area (Å²) in [5, 5.41) is 0. The fraction of sp³-hybridized carbons (Fsp3) is 0.0870. The van der Waals surface area contributed by atoms with Crippen molar-refractivity contribution < 1.29 is 18.7 Å². The normalized spacial score (nSPS) is 10.9. The quantitative estimate of drug-likeness (QED) is 0.392. The number of rotatable bonds is 6. The molecule has 0 aliphatic rings. The summed E-state index contributed by atoms with van der Waals surface area (Å²) in [4.78, 5) is 37.6. The van der Waals surface area contributed by atoms with Gasteiger partial charge in [-0.15, -0.1) is 0 Å². The molecule has 30 heavy (non-hydrogen) atoms. The molecule has 4 aromatic rings. The van der Waals surface area contributed by atoms with Gasteiger partial charge in [-0.05, 0) is 54.6 Å². The molecule has 0 saturated heterocycles.